The lowest BCUT2D eigenvalue weighted by molar-refractivity contribution is -0.137. The summed E-state index contributed by atoms with van der Waals surface area (Å²) >= 11 is 0. The first-order valence-corrected chi connectivity index (χ1v) is 23.5. The Morgan fingerprint density at radius 1 is 0.406 bits per heavy atom. The van der Waals surface area contributed by atoms with Crippen LogP contribution < -0.4 is 0 Å². The Hall–Kier alpha value is -8.65. The number of halogens is 3. The van der Waals surface area contributed by atoms with Crippen molar-refractivity contribution in [2.45, 2.75) is 36.8 Å². The van der Waals surface area contributed by atoms with Gasteiger partial charge in [-0.2, -0.15) is 23.7 Å². The van der Waals surface area contributed by atoms with Gasteiger partial charge in [-0.25, -0.2) is 0 Å². The van der Waals surface area contributed by atoms with Crippen LogP contribution >= 0.6 is 0 Å². The van der Waals surface area contributed by atoms with Crippen molar-refractivity contribution in [1.29, 1.82) is 10.5 Å². The average Bonchev–Trinajstić information content (AvgIpc) is 4.09. The van der Waals surface area contributed by atoms with Gasteiger partial charge in [0.2, 0.25) is 0 Å². The van der Waals surface area contributed by atoms with E-state index < -0.39 is 11.7 Å². The van der Waals surface area contributed by atoms with Crippen LogP contribution in [0.4, 0.5) is 13.2 Å². The summed E-state index contributed by atoms with van der Waals surface area (Å²) in [6.45, 7) is 2.13. The lowest BCUT2D eigenvalue weighted by Gasteiger charge is -2.43. The molecule has 4 bridgehead atoms. The topological polar surface area (TPSA) is 56.4 Å². The zero-order valence-electron chi connectivity index (χ0n) is 36.6. The second-order valence-electron chi connectivity index (χ2n) is 19.9. The van der Waals surface area contributed by atoms with Crippen molar-refractivity contribution < 1.29 is 13.2 Å². The lowest BCUT2D eigenvalue weighted by atomic mass is 9.59. The van der Waals surface area contributed by atoms with Gasteiger partial charge in [-0.3, -0.25) is 0 Å². The number of rotatable bonds is 0. The predicted molar refractivity (Wildman–Crippen MR) is 264 cm³/mol. The number of fused-ring (bicyclic) bond motifs is 12. The average molecular weight is 889 g/mol. The summed E-state index contributed by atoms with van der Waals surface area (Å²) in [5.41, 5.74) is 20.3. The fourth-order valence-electron chi connectivity index (χ4n) is 14.8. The molecule has 0 amide bonds. The van der Waals surface area contributed by atoms with Crippen LogP contribution in [0.3, 0.4) is 0 Å². The highest BCUT2D eigenvalue weighted by Crippen LogP contribution is 2.62. The van der Waals surface area contributed by atoms with E-state index in [0.29, 0.717) is 27.3 Å². The highest BCUT2D eigenvalue weighted by atomic mass is 19.4. The van der Waals surface area contributed by atoms with Gasteiger partial charge < -0.3 is 8.80 Å². The van der Waals surface area contributed by atoms with Crippen LogP contribution in [-0.2, 0) is 6.18 Å². The van der Waals surface area contributed by atoms with Gasteiger partial charge >= 0.3 is 6.18 Å². The molecule has 0 fully saturated rings. The number of hydrogen-bond donors (Lipinski definition) is 0. The molecule has 0 saturated heterocycles. The molecule has 0 atom stereocenters. The maximum atomic E-state index is 15.4. The second kappa shape index (κ2) is 11.7. The van der Waals surface area contributed by atoms with E-state index in [1.54, 1.807) is 0 Å². The molecule has 69 heavy (non-hydrogen) atoms. The molecule has 0 saturated carbocycles. The van der Waals surface area contributed by atoms with Crippen molar-refractivity contribution in [2.75, 3.05) is 0 Å². The van der Waals surface area contributed by atoms with Gasteiger partial charge in [0.25, 0.3) is 0 Å². The van der Waals surface area contributed by atoms with Crippen molar-refractivity contribution in [3.63, 3.8) is 0 Å². The minimum Gasteiger partial charge on any atom is -0.308 e. The fourth-order valence-corrected chi connectivity index (χ4v) is 14.8. The van der Waals surface area contributed by atoms with Crippen molar-refractivity contribution >= 4 is 76.2 Å². The van der Waals surface area contributed by atoms with Gasteiger partial charge in [-0.15, -0.1) is 0 Å². The lowest BCUT2D eigenvalue weighted by Crippen LogP contribution is -2.28. The van der Waals surface area contributed by atoms with E-state index in [4.69, 9.17) is 0 Å². The van der Waals surface area contributed by atoms with Crippen LogP contribution in [0.2, 0.25) is 0 Å². The Bertz CT molecular complexity index is 4630. The summed E-state index contributed by atoms with van der Waals surface area (Å²) in [5, 5.41) is 29.0. The Morgan fingerprint density at radius 3 is 1.12 bits per heavy atom. The van der Waals surface area contributed by atoms with Gasteiger partial charge in [-0.05, 0) is 128 Å². The molecule has 0 spiro atoms. The van der Waals surface area contributed by atoms with Crippen LogP contribution in [0.5, 0.6) is 0 Å². The van der Waals surface area contributed by atoms with Crippen molar-refractivity contribution in [3.8, 4) is 12.1 Å². The summed E-state index contributed by atoms with van der Waals surface area (Å²) in [6.07, 6.45) is -4.62. The van der Waals surface area contributed by atoms with Gasteiger partial charge in [-0.1, -0.05) is 97.1 Å². The van der Waals surface area contributed by atoms with E-state index in [1.165, 1.54) is 39.9 Å². The van der Waals surface area contributed by atoms with E-state index in [-0.39, 0.29) is 23.7 Å². The van der Waals surface area contributed by atoms with E-state index in [1.807, 2.05) is 30.3 Å². The molecule has 0 radical (unpaired) electrons. The smallest absolute Gasteiger partial charge is 0.308 e. The molecule has 320 valence electrons. The zero-order valence-corrected chi connectivity index (χ0v) is 36.6. The number of alkyl halides is 3. The van der Waals surface area contributed by atoms with E-state index in [9.17, 15) is 10.5 Å². The Labute approximate surface area is 390 Å². The number of aryl methyl sites for hydroxylation is 1. The standard InChI is InChI=1S/C62H31F3N4/c1-28-18-42-40-24-47-41(25-46(40)68-48-20-29(26-66)50-52-32-10-2-6-14-36(32)54(37-15-7-3-11-33(37)52)58(50)56(48)44(19-28)60(42)68)43-22-31(62(63,64)65)23-45-57-49(69(47)61(43)45)21-30(27-67)51-53-34-12-4-8-16-38(34)55(59(51)57)39-17-9-5-13-35(39)53/h2-25,52-55H,1H3. The molecule has 4 aromatic heterocycles. The Kier molecular flexibility index (Phi) is 6.19. The largest absolute Gasteiger partial charge is 0.416 e. The maximum Gasteiger partial charge on any atom is 0.416 e. The monoisotopic (exact) mass is 888 g/mol. The molecule has 6 aliphatic carbocycles. The van der Waals surface area contributed by atoms with Crippen molar-refractivity contribution in [3.05, 3.63) is 235 Å². The van der Waals surface area contributed by atoms with E-state index >= 15 is 13.2 Å². The fraction of sp³-hybridized carbons (Fsp3) is 0.0968. The van der Waals surface area contributed by atoms with Crippen molar-refractivity contribution in [1.82, 2.24) is 8.80 Å². The first kappa shape index (κ1) is 36.5. The molecule has 7 heteroatoms. The van der Waals surface area contributed by atoms with Gasteiger partial charge in [0.05, 0.1) is 61.9 Å². The molecular weight excluding hydrogens is 858 g/mol. The third-order valence-corrected chi connectivity index (χ3v) is 17.0. The van der Waals surface area contributed by atoms with Crippen molar-refractivity contribution in [2.24, 2.45) is 0 Å². The van der Waals surface area contributed by atoms with Gasteiger partial charge in [0, 0.05) is 66.8 Å². The number of nitrogens with zero attached hydrogens (tertiary/aromatic N) is 4. The SMILES string of the molecule is Cc1cc2c3cc4c(cc3n3c5cc(C#N)c6c(c5c(c1)c23)C1c2ccccc2C6c2ccccc21)c1cc(C(F)(F)F)cc2c3c5c(c(C#N)cc3n4c12)C1c2ccccc2C5c2ccccc21. The minimum absolute atomic E-state index is 0.0751. The number of aromatic nitrogens is 2. The van der Waals surface area contributed by atoms with Crippen LogP contribution in [0.1, 0.15) is 113 Å². The summed E-state index contributed by atoms with van der Waals surface area (Å²) in [5.74, 6) is -0.643. The highest BCUT2D eigenvalue weighted by molar-refractivity contribution is 6.30. The summed E-state index contributed by atoms with van der Waals surface area (Å²) in [7, 11) is 0. The summed E-state index contributed by atoms with van der Waals surface area (Å²) in [4.78, 5) is 0. The van der Waals surface area contributed by atoms with Crippen LogP contribution in [0.25, 0.3) is 76.2 Å². The summed E-state index contributed by atoms with van der Waals surface area (Å²) < 4.78 is 50.7. The third-order valence-electron chi connectivity index (χ3n) is 17.0. The first-order valence-electron chi connectivity index (χ1n) is 23.5. The number of nitriles is 2. The number of benzene rings is 9. The van der Waals surface area contributed by atoms with E-state index in [0.717, 1.165) is 105 Å². The molecule has 0 aliphatic heterocycles. The third kappa shape index (κ3) is 3.98. The van der Waals surface area contributed by atoms with Crippen LogP contribution in [0, 0.1) is 29.6 Å². The quantitative estimate of drug-likeness (QED) is 0.152. The first-order chi connectivity index (χ1) is 33.7. The molecule has 4 nitrogen and oxygen atoms in total. The minimum atomic E-state index is -4.62. The molecule has 19 rings (SSSR count). The highest BCUT2D eigenvalue weighted by Gasteiger charge is 2.47. The van der Waals surface area contributed by atoms with Gasteiger partial charge in [0.1, 0.15) is 0 Å². The Morgan fingerprint density at radius 2 is 0.739 bits per heavy atom. The van der Waals surface area contributed by atoms with Crippen LogP contribution in [-0.4, -0.2) is 8.80 Å². The normalized spacial score (nSPS) is 18.4. The molecule has 6 aliphatic rings. The van der Waals surface area contributed by atoms with Crippen LogP contribution in [0.15, 0.2) is 146 Å². The summed E-state index contributed by atoms with van der Waals surface area (Å²) in [6, 6.07) is 54.7. The Balaban J connectivity index is 1.03. The molecule has 0 unspecified atom stereocenters. The second-order valence-corrected chi connectivity index (χ2v) is 19.9. The maximum absolute atomic E-state index is 15.4. The molecular formula is C62H31F3N4. The molecule has 4 heterocycles. The number of hydrogen-bond acceptors (Lipinski definition) is 2. The zero-order chi connectivity index (χ0) is 45.7. The van der Waals surface area contributed by atoms with Gasteiger partial charge in [0.15, 0.2) is 0 Å². The molecule has 9 aromatic carbocycles. The van der Waals surface area contributed by atoms with E-state index in [2.05, 4.69) is 131 Å². The predicted octanol–water partition coefficient (Wildman–Crippen LogP) is 15.0. The molecule has 13 aromatic rings. The molecule has 0 N–H and O–H groups in total.